The van der Waals surface area contributed by atoms with E-state index in [1.54, 1.807) is 12.1 Å². The summed E-state index contributed by atoms with van der Waals surface area (Å²) in [4.78, 5) is 25.0. The molecular formula is C20H27ClN4O2. The third-order valence-electron chi connectivity index (χ3n) is 6.18. The molecule has 3 saturated carbocycles. The summed E-state index contributed by atoms with van der Waals surface area (Å²) < 4.78 is 0. The first-order chi connectivity index (χ1) is 13.0. The summed E-state index contributed by atoms with van der Waals surface area (Å²) in [5, 5.41) is 12.7. The maximum absolute atomic E-state index is 12.5. The highest BCUT2D eigenvalue weighted by atomic mass is 35.5. The van der Waals surface area contributed by atoms with Gasteiger partial charge in [-0.3, -0.25) is 0 Å². The van der Waals surface area contributed by atoms with E-state index < -0.39 is 0 Å². The zero-order valence-electron chi connectivity index (χ0n) is 15.4. The zero-order valence-corrected chi connectivity index (χ0v) is 16.2. The highest BCUT2D eigenvalue weighted by Crippen LogP contribution is 2.57. The third kappa shape index (κ3) is 4.00. The number of nitrogens with one attached hydrogen (secondary N) is 4. The first-order valence-corrected chi connectivity index (χ1v) is 10.3. The van der Waals surface area contributed by atoms with E-state index in [9.17, 15) is 9.59 Å². The standard InChI is InChI=1S/C20H27ClN4O2/c21-15-8-4-5-9-16(15)23-18(27)25-20(12-13-20)19(10-11-19)24-17(26)22-14-6-2-1-3-7-14/h4-5,8-9,14H,1-3,6-7,10-13H2,(H2,22,24,26)(H2,23,25,27). The van der Waals surface area contributed by atoms with Crippen molar-refractivity contribution in [3.05, 3.63) is 29.3 Å². The summed E-state index contributed by atoms with van der Waals surface area (Å²) in [5.74, 6) is 0. The molecule has 0 atom stereocenters. The monoisotopic (exact) mass is 390 g/mol. The van der Waals surface area contributed by atoms with Crippen LogP contribution in [0.3, 0.4) is 0 Å². The van der Waals surface area contributed by atoms with Crippen LogP contribution >= 0.6 is 11.6 Å². The van der Waals surface area contributed by atoms with Crippen LogP contribution in [-0.2, 0) is 0 Å². The van der Waals surface area contributed by atoms with Gasteiger partial charge in [-0.05, 0) is 50.7 Å². The van der Waals surface area contributed by atoms with E-state index in [0.29, 0.717) is 10.7 Å². The van der Waals surface area contributed by atoms with Crippen LogP contribution in [0.15, 0.2) is 24.3 Å². The number of amides is 4. The van der Waals surface area contributed by atoms with Crippen LogP contribution in [0.2, 0.25) is 5.02 Å². The molecule has 4 N–H and O–H groups in total. The molecule has 4 amide bonds. The fourth-order valence-corrected chi connectivity index (χ4v) is 4.50. The van der Waals surface area contributed by atoms with Gasteiger partial charge in [-0.1, -0.05) is 43.0 Å². The molecule has 0 heterocycles. The zero-order chi connectivity index (χ0) is 18.9. The summed E-state index contributed by atoms with van der Waals surface area (Å²) in [5.41, 5.74) is -0.0773. The minimum absolute atomic E-state index is 0.0982. The Morgan fingerprint density at radius 2 is 1.48 bits per heavy atom. The number of hydrogen-bond donors (Lipinski definition) is 4. The third-order valence-corrected chi connectivity index (χ3v) is 6.51. The Morgan fingerprint density at radius 3 is 2.07 bits per heavy atom. The van der Waals surface area contributed by atoms with Crippen LogP contribution < -0.4 is 21.3 Å². The maximum Gasteiger partial charge on any atom is 0.319 e. The van der Waals surface area contributed by atoms with Gasteiger partial charge in [0.05, 0.1) is 21.8 Å². The van der Waals surface area contributed by atoms with Crippen LogP contribution in [-0.4, -0.2) is 29.2 Å². The van der Waals surface area contributed by atoms with Crippen molar-refractivity contribution in [3.63, 3.8) is 0 Å². The molecule has 0 aromatic heterocycles. The normalized spacial score (nSPS) is 22.4. The summed E-state index contributed by atoms with van der Waals surface area (Å²) >= 11 is 6.11. The average Bonchev–Trinajstić information content (AvgIpc) is 3.55. The van der Waals surface area contributed by atoms with Crippen LogP contribution in [0.5, 0.6) is 0 Å². The highest BCUT2D eigenvalue weighted by Gasteiger charge is 2.67. The molecule has 0 radical (unpaired) electrons. The Balaban J connectivity index is 1.33. The Kier molecular flexibility index (Phi) is 4.93. The summed E-state index contributed by atoms with van der Waals surface area (Å²) in [7, 11) is 0. The lowest BCUT2D eigenvalue weighted by atomic mass is 9.95. The molecule has 4 rings (SSSR count). The van der Waals surface area contributed by atoms with Crippen molar-refractivity contribution in [3.8, 4) is 0 Å². The van der Waals surface area contributed by atoms with E-state index in [4.69, 9.17) is 11.6 Å². The molecule has 7 heteroatoms. The molecule has 27 heavy (non-hydrogen) atoms. The molecule has 1 aromatic rings. The number of carbonyl (C=O) groups excluding carboxylic acids is 2. The highest BCUT2D eigenvalue weighted by molar-refractivity contribution is 6.33. The lowest BCUT2D eigenvalue weighted by Crippen LogP contribution is -2.59. The fraction of sp³-hybridized carbons (Fsp3) is 0.600. The predicted molar refractivity (Wildman–Crippen MR) is 106 cm³/mol. The van der Waals surface area contributed by atoms with Crippen LogP contribution in [0.1, 0.15) is 57.8 Å². The van der Waals surface area contributed by atoms with Gasteiger partial charge in [-0.15, -0.1) is 0 Å². The van der Waals surface area contributed by atoms with Gasteiger partial charge < -0.3 is 21.3 Å². The topological polar surface area (TPSA) is 82.3 Å². The van der Waals surface area contributed by atoms with Crippen LogP contribution in [0.25, 0.3) is 0 Å². The van der Waals surface area contributed by atoms with E-state index >= 15 is 0 Å². The molecule has 3 aliphatic rings. The first-order valence-electron chi connectivity index (χ1n) is 9.94. The molecule has 0 spiro atoms. The van der Waals surface area contributed by atoms with Gasteiger partial charge in [0.2, 0.25) is 0 Å². The fourth-order valence-electron chi connectivity index (χ4n) is 4.32. The van der Waals surface area contributed by atoms with Gasteiger partial charge in [0, 0.05) is 6.04 Å². The smallest absolute Gasteiger partial charge is 0.319 e. The van der Waals surface area contributed by atoms with Crippen molar-refractivity contribution in [1.29, 1.82) is 0 Å². The van der Waals surface area contributed by atoms with Gasteiger partial charge in [0.15, 0.2) is 0 Å². The quantitative estimate of drug-likeness (QED) is 0.608. The van der Waals surface area contributed by atoms with Crippen LogP contribution in [0.4, 0.5) is 15.3 Å². The number of para-hydroxylation sites is 1. The van der Waals surface area contributed by atoms with Gasteiger partial charge in [-0.2, -0.15) is 0 Å². The molecule has 0 unspecified atom stereocenters. The van der Waals surface area contributed by atoms with Crippen molar-refractivity contribution < 1.29 is 9.59 Å². The molecule has 1 aromatic carbocycles. The number of urea groups is 2. The van der Waals surface area contributed by atoms with E-state index in [-0.39, 0.29) is 29.2 Å². The Morgan fingerprint density at radius 1 is 0.889 bits per heavy atom. The molecule has 0 bridgehead atoms. The molecule has 6 nitrogen and oxygen atoms in total. The maximum atomic E-state index is 12.5. The second-order valence-electron chi connectivity index (χ2n) is 8.16. The first kappa shape index (κ1) is 18.4. The Bertz CT molecular complexity index is 724. The van der Waals surface area contributed by atoms with Crippen molar-refractivity contribution in [2.45, 2.75) is 74.9 Å². The lowest BCUT2D eigenvalue weighted by molar-refractivity contribution is 0.217. The molecule has 0 aliphatic heterocycles. The van der Waals surface area contributed by atoms with E-state index in [1.165, 1.54) is 19.3 Å². The van der Waals surface area contributed by atoms with Gasteiger partial charge in [0.1, 0.15) is 0 Å². The molecule has 3 fully saturated rings. The number of anilines is 1. The van der Waals surface area contributed by atoms with Crippen molar-refractivity contribution >= 4 is 29.4 Å². The largest absolute Gasteiger partial charge is 0.335 e. The second kappa shape index (κ2) is 7.23. The molecule has 0 saturated heterocycles. The lowest BCUT2D eigenvalue weighted by Gasteiger charge is -2.31. The molecular weight excluding hydrogens is 364 g/mol. The summed E-state index contributed by atoms with van der Waals surface area (Å²) in [6, 6.07) is 7.06. The molecule has 3 aliphatic carbocycles. The number of benzene rings is 1. The predicted octanol–water partition coefficient (Wildman–Crippen LogP) is 4.16. The minimum Gasteiger partial charge on any atom is -0.335 e. The Hall–Kier alpha value is -1.95. The summed E-state index contributed by atoms with van der Waals surface area (Å²) in [6.45, 7) is 0. The minimum atomic E-state index is -0.345. The van der Waals surface area contributed by atoms with Gasteiger partial charge in [-0.25, -0.2) is 9.59 Å². The van der Waals surface area contributed by atoms with Crippen molar-refractivity contribution in [1.82, 2.24) is 16.0 Å². The van der Waals surface area contributed by atoms with Crippen molar-refractivity contribution in [2.24, 2.45) is 0 Å². The number of halogens is 1. The number of hydrogen-bond acceptors (Lipinski definition) is 2. The van der Waals surface area contributed by atoms with Gasteiger partial charge in [0.25, 0.3) is 0 Å². The average molecular weight is 391 g/mol. The second-order valence-corrected chi connectivity index (χ2v) is 8.56. The van der Waals surface area contributed by atoms with Crippen LogP contribution in [0, 0.1) is 0 Å². The SMILES string of the molecule is O=C(Nc1ccccc1Cl)NC1(C2(NC(=O)NC3CCCCC3)CC2)CC1. The van der Waals surface area contributed by atoms with E-state index in [2.05, 4.69) is 21.3 Å². The van der Waals surface area contributed by atoms with Gasteiger partial charge >= 0.3 is 12.1 Å². The number of carbonyl (C=O) groups is 2. The van der Waals surface area contributed by atoms with E-state index in [1.807, 2.05) is 12.1 Å². The van der Waals surface area contributed by atoms with Crippen molar-refractivity contribution in [2.75, 3.05) is 5.32 Å². The molecule has 146 valence electrons. The number of rotatable bonds is 5. The summed E-state index contributed by atoms with van der Waals surface area (Å²) in [6.07, 6.45) is 9.31. The van der Waals surface area contributed by atoms with E-state index in [0.717, 1.165) is 38.5 Å². The Labute approximate surface area is 164 Å².